The molecule has 2 atom stereocenters. The summed E-state index contributed by atoms with van der Waals surface area (Å²) in [5, 5.41) is 7.24. The lowest BCUT2D eigenvalue weighted by molar-refractivity contribution is 0.365. The molecule has 0 saturated heterocycles. The number of nitrogens with zero attached hydrogens (tertiary/aromatic N) is 2. The van der Waals surface area contributed by atoms with Crippen LogP contribution in [-0.4, -0.2) is 23.2 Å². The predicted octanol–water partition coefficient (Wildman–Crippen LogP) is 3.69. The number of rotatable bonds is 7. The molecule has 22 heavy (non-hydrogen) atoms. The van der Waals surface area contributed by atoms with Crippen LogP contribution in [0, 0.1) is 0 Å². The van der Waals surface area contributed by atoms with E-state index in [1.807, 2.05) is 7.05 Å². The zero-order valence-corrected chi connectivity index (χ0v) is 14.3. The Labute approximate surface area is 133 Å². The van der Waals surface area contributed by atoms with Crippen molar-refractivity contribution in [1.29, 1.82) is 0 Å². The first-order chi connectivity index (χ1) is 10.5. The standard InChI is InChI=1S/C18H27N3O/c1-12(2)15-6-8-16(9-7-15)13(3)10-18-20-17(21-22-18)11-14(4)19-5/h6-9,12-14,19H,10-11H2,1-5H3. The topological polar surface area (TPSA) is 51.0 Å². The molecule has 4 nitrogen and oxygen atoms in total. The fourth-order valence-electron chi connectivity index (χ4n) is 2.42. The molecule has 0 aliphatic heterocycles. The smallest absolute Gasteiger partial charge is 0.227 e. The monoisotopic (exact) mass is 301 g/mol. The molecule has 0 spiro atoms. The van der Waals surface area contributed by atoms with Crippen molar-refractivity contribution < 1.29 is 4.52 Å². The van der Waals surface area contributed by atoms with Gasteiger partial charge in [0.2, 0.25) is 5.89 Å². The van der Waals surface area contributed by atoms with Gasteiger partial charge in [0.15, 0.2) is 5.82 Å². The summed E-state index contributed by atoms with van der Waals surface area (Å²) in [6.07, 6.45) is 1.57. The van der Waals surface area contributed by atoms with Crippen molar-refractivity contribution in [3.8, 4) is 0 Å². The average Bonchev–Trinajstić information content (AvgIpc) is 2.94. The summed E-state index contributed by atoms with van der Waals surface area (Å²) >= 11 is 0. The molecule has 2 aromatic rings. The minimum Gasteiger partial charge on any atom is -0.339 e. The van der Waals surface area contributed by atoms with E-state index in [4.69, 9.17) is 4.52 Å². The Morgan fingerprint density at radius 3 is 2.23 bits per heavy atom. The Morgan fingerprint density at radius 1 is 1.00 bits per heavy atom. The van der Waals surface area contributed by atoms with E-state index in [9.17, 15) is 0 Å². The third kappa shape index (κ3) is 4.41. The lowest BCUT2D eigenvalue weighted by Crippen LogP contribution is -2.24. The number of nitrogens with one attached hydrogen (secondary N) is 1. The molecule has 2 rings (SSSR count). The Kier molecular flexibility index (Phi) is 5.72. The first kappa shape index (κ1) is 16.7. The number of aromatic nitrogens is 2. The Hall–Kier alpha value is -1.68. The average molecular weight is 301 g/mol. The highest BCUT2D eigenvalue weighted by molar-refractivity contribution is 5.27. The zero-order valence-electron chi connectivity index (χ0n) is 14.3. The Balaban J connectivity index is 1.98. The minimum atomic E-state index is 0.353. The fourth-order valence-corrected chi connectivity index (χ4v) is 2.42. The van der Waals surface area contributed by atoms with E-state index >= 15 is 0 Å². The quantitative estimate of drug-likeness (QED) is 0.847. The Bertz CT molecular complexity index is 574. The molecule has 0 radical (unpaired) electrons. The number of hydrogen-bond acceptors (Lipinski definition) is 4. The third-order valence-corrected chi connectivity index (χ3v) is 4.14. The highest BCUT2D eigenvalue weighted by Crippen LogP contribution is 2.22. The Morgan fingerprint density at radius 2 is 1.64 bits per heavy atom. The molecule has 0 saturated carbocycles. The SMILES string of the molecule is CNC(C)Cc1noc(CC(C)c2ccc(C(C)C)cc2)n1. The molecular weight excluding hydrogens is 274 g/mol. The lowest BCUT2D eigenvalue weighted by Gasteiger charge is -2.11. The maximum Gasteiger partial charge on any atom is 0.227 e. The molecule has 0 fully saturated rings. The maximum absolute atomic E-state index is 5.38. The highest BCUT2D eigenvalue weighted by Gasteiger charge is 2.14. The van der Waals surface area contributed by atoms with Gasteiger partial charge in [-0.15, -0.1) is 0 Å². The van der Waals surface area contributed by atoms with E-state index in [2.05, 4.69) is 67.4 Å². The van der Waals surface area contributed by atoms with Crippen molar-refractivity contribution in [2.75, 3.05) is 7.05 Å². The number of hydrogen-bond donors (Lipinski definition) is 1. The van der Waals surface area contributed by atoms with Crippen molar-refractivity contribution in [3.63, 3.8) is 0 Å². The molecule has 120 valence electrons. The van der Waals surface area contributed by atoms with Crippen LogP contribution in [0.15, 0.2) is 28.8 Å². The molecule has 4 heteroatoms. The summed E-state index contributed by atoms with van der Waals surface area (Å²) in [7, 11) is 1.94. The van der Waals surface area contributed by atoms with E-state index in [0.29, 0.717) is 17.9 Å². The normalized spacial score (nSPS) is 14.3. The van der Waals surface area contributed by atoms with Crippen molar-refractivity contribution in [3.05, 3.63) is 47.1 Å². The highest BCUT2D eigenvalue weighted by atomic mass is 16.5. The van der Waals surface area contributed by atoms with Crippen LogP contribution >= 0.6 is 0 Å². The van der Waals surface area contributed by atoms with Crippen LogP contribution in [0.1, 0.15) is 62.4 Å². The summed E-state index contributed by atoms with van der Waals surface area (Å²) in [5.41, 5.74) is 2.69. The molecule has 0 bridgehead atoms. The van der Waals surface area contributed by atoms with Gasteiger partial charge in [-0.3, -0.25) is 0 Å². The van der Waals surface area contributed by atoms with Gasteiger partial charge in [-0.25, -0.2) is 0 Å². The van der Waals surface area contributed by atoms with Crippen LogP contribution in [0.2, 0.25) is 0 Å². The van der Waals surface area contributed by atoms with Crippen LogP contribution in [0.25, 0.3) is 0 Å². The third-order valence-electron chi connectivity index (χ3n) is 4.14. The molecule has 1 heterocycles. The lowest BCUT2D eigenvalue weighted by atomic mass is 9.94. The second kappa shape index (κ2) is 7.54. The summed E-state index contributed by atoms with van der Waals surface area (Å²) < 4.78 is 5.38. The summed E-state index contributed by atoms with van der Waals surface area (Å²) in [6.45, 7) is 8.73. The molecule has 1 aromatic carbocycles. The largest absolute Gasteiger partial charge is 0.339 e. The van der Waals surface area contributed by atoms with Crippen molar-refractivity contribution in [2.24, 2.45) is 0 Å². The van der Waals surface area contributed by atoms with Gasteiger partial charge >= 0.3 is 0 Å². The second-order valence-electron chi connectivity index (χ2n) is 6.42. The van der Waals surface area contributed by atoms with E-state index in [1.165, 1.54) is 11.1 Å². The van der Waals surface area contributed by atoms with Crippen LogP contribution in [0.5, 0.6) is 0 Å². The van der Waals surface area contributed by atoms with E-state index in [1.54, 1.807) is 0 Å². The molecule has 1 N–H and O–H groups in total. The van der Waals surface area contributed by atoms with E-state index in [0.717, 1.165) is 24.6 Å². The second-order valence-corrected chi connectivity index (χ2v) is 6.42. The first-order valence-electron chi connectivity index (χ1n) is 8.08. The van der Waals surface area contributed by atoms with Crippen LogP contribution in [0.3, 0.4) is 0 Å². The molecule has 1 aromatic heterocycles. The molecule has 0 aliphatic carbocycles. The van der Waals surface area contributed by atoms with Crippen LogP contribution in [-0.2, 0) is 12.8 Å². The van der Waals surface area contributed by atoms with Crippen LogP contribution in [0.4, 0.5) is 0 Å². The van der Waals surface area contributed by atoms with Gasteiger partial charge in [0.1, 0.15) is 0 Å². The van der Waals surface area contributed by atoms with Crippen molar-refractivity contribution >= 4 is 0 Å². The fraction of sp³-hybridized carbons (Fsp3) is 0.556. The first-order valence-corrected chi connectivity index (χ1v) is 8.08. The molecule has 2 unspecified atom stereocenters. The number of benzene rings is 1. The molecule has 0 amide bonds. The van der Waals surface area contributed by atoms with E-state index in [-0.39, 0.29) is 0 Å². The summed E-state index contributed by atoms with van der Waals surface area (Å²) in [5.74, 6) is 2.44. The van der Waals surface area contributed by atoms with Crippen molar-refractivity contribution in [2.45, 2.75) is 58.4 Å². The van der Waals surface area contributed by atoms with Gasteiger partial charge in [0.25, 0.3) is 0 Å². The van der Waals surface area contributed by atoms with Crippen LogP contribution < -0.4 is 5.32 Å². The van der Waals surface area contributed by atoms with Gasteiger partial charge in [-0.2, -0.15) is 4.98 Å². The zero-order chi connectivity index (χ0) is 16.1. The molecule has 0 aliphatic rings. The predicted molar refractivity (Wildman–Crippen MR) is 89.2 cm³/mol. The van der Waals surface area contributed by atoms with E-state index < -0.39 is 0 Å². The molecular formula is C18H27N3O. The maximum atomic E-state index is 5.38. The van der Waals surface area contributed by atoms with Gasteiger partial charge < -0.3 is 9.84 Å². The van der Waals surface area contributed by atoms with Gasteiger partial charge in [-0.05, 0) is 36.9 Å². The summed E-state index contributed by atoms with van der Waals surface area (Å²) in [6, 6.07) is 9.20. The van der Waals surface area contributed by atoms with Crippen molar-refractivity contribution in [1.82, 2.24) is 15.5 Å². The van der Waals surface area contributed by atoms with Gasteiger partial charge in [0, 0.05) is 18.9 Å². The minimum absolute atomic E-state index is 0.353. The van der Waals surface area contributed by atoms with Gasteiger partial charge in [0.05, 0.1) is 0 Å². The van der Waals surface area contributed by atoms with Gasteiger partial charge in [-0.1, -0.05) is 50.2 Å². The number of likely N-dealkylation sites (N-methyl/N-ethyl adjacent to an activating group) is 1. The summed E-state index contributed by atoms with van der Waals surface area (Å²) in [4.78, 5) is 4.49.